The van der Waals surface area contributed by atoms with Crippen molar-refractivity contribution < 1.29 is 14.3 Å². The summed E-state index contributed by atoms with van der Waals surface area (Å²) in [6.45, 7) is 4.20. The van der Waals surface area contributed by atoms with Gasteiger partial charge in [0.15, 0.2) is 6.61 Å². The number of nitrogens with zero attached hydrogens (tertiary/aromatic N) is 1. The molecule has 1 aromatic rings. The smallest absolute Gasteiger partial charge is 0.257 e. The fourth-order valence-corrected chi connectivity index (χ4v) is 2.23. The minimum atomic E-state index is -0.171. The van der Waals surface area contributed by atoms with Crippen molar-refractivity contribution in [3.8, 4) is 11.8 Å². The molecule has 0 saturated carbocycles. The van der Waals surface area contributed by atoms with Gasteiger partial charge in [0.25, 0.3) is 5.91 Å². The molecule has 1 heterocycles. The average molecular weight is 288 g/mol. The summed E-state index contributed by atoms with van der Waals surface area (Å²) in [5, 5.41) is 11.8. The van der Waals surface area contributed by atoms with Crippen molar-refractivity contribution in [3.63, 3.8) is 0 Å². The molecule has 1 fully saturated rings. The highest BCUT2D eigenvalue weighted by atomic mass is 16.5. The summed E-state index contributed by atoms with van der Waals surface area (Å²) in [6.07, 6.45) is 1.90. The molecule has 1 aromatic carbocycles. The third-order valence-corrected chi connectivity index (χ3v) is 3.78. The number of hydrogen-bond donors (Lipinski definition) is 1. The van der Waals surface area contributed by atoms with Gasteiger partial charge >= 0.3 is 0 Å². The van der Waals surface area contributed by atoms with Gasteiger partial charge in [0, 0.05) is 19.8 Å². The van der Waals surface area contributed by atoms with E-state index in [1.54, 1.807) is 24.3 Å². The molecular formula is C16H20N2O3. The van der Waals surface area contributed by atoms with Gasteiger partial charge in [0.05, 0.1) is 5.56 Å². The highest BCUT2D eigenvalue weighted by Crippen LogP contribution is 2.28. The van der Waals surface area contributed by atoms with E-state index in [-0.39, 0.29) is 17.9 Å². The van der Waals surface area contributed by atoms with Crippen LogP contribution in [-0.2, 0) is 9.53 Å². The molecule has 1 aliphatic rings. The van der Waals surface area contributed by atoms with Crippen LogP contribution in [0.25, 0.3) is 0 Å². The van der Waals surface area contributed by atoms with Gasteiger partial charge in [-0.2, -0.15) is 5.26 Å². The molecule has 5 nitrogen and oxygen atoms in total. The fraction of sp³-hybridized carbons (Fsp3) is 0.500. The van der Waals surface area contributed by atoms with Crippen LogP contribution in [-0.4, -0.2) is 32.3 Å². The standard InChI is InChI=1S/C16H20N2O3/c1-16(6-8-20-9-7-16)12-18-15(19)11-21-14-5-3-2-4-13(14)10-17/h2-5H,6-9,11-12H2,1H3,(H,18,19). The molecule has 0 aromatic heterocycles. The maximum Gasteiger partial charge on any atom is 0.257 e. The maximum absolute atomic E-state index is 11.9. The zero-order valence-corrected chi connectivity index (χ0v) is 12.2. The minimum Gasteiger partial charge on any atom is -0.482 e. The van der Waals surface area contributed by atoms with Gasteiger partial charge in [0.1, 0.15) is 11.8 Å². The van der Waals surface area contributed by atoms with E-state index in [1.807, 2.05) is 6.07 Å². The van der Waals surface area contributed by atoms with E-state index >= 15 is 0 Å². The topological polar surface area (TPSA) is 71.3 Å². The third-order valence-electron chi connectivity index (χ3n) is 3.78. The summed E-state index contributed by atoms with van der Waals surface area (Å²) in [5.41, 5.74) is 0.528. The van der Waals surface area contributed by atoms with Crippen LogP contribution in [0.15, 0.2) is 24.3 Å². The predicted octanol–water partition coefficient (Wildman–Crippen LogP) is 1.87. The Morgan fingerprint density at radius 1 is 1.43 bits per heavy atom. The number of nitriles is 1. The van der Waals surface area contributed by atoms with Gasteiger partial charge < -0.3 is 14.8 Å². The van der Waals surface area contributed by atoms with E-state index in [2.05, 4.69) is 12.2 Å². The second-order valence-electron chi connectivity index (χ2n) is 5.60. The van der Waals surface area contributed by atoms with Crippen LogP contribution in [0.5, 0.6) is 5.75 Å². The van der Waals surface area contributed by atoms with Crippen molar-refractivity contribution in [2.24, 2.45) is 5.41 Å². The Bertz CT molecular complexity index is 531. The van der Waals surface area contributed by atoms with E-state index in [9.17, 15) is 4.79 Å². The molecule has 1 N–H and O–H groups in total. The Morgan fingerprint density at radius 2 is 2.14 bits per heavy atom. The molecule has 0 spiro atoms. The predicted molar refractivity (Wildman–Crippen MR) is 77.8 cm³/mol. The lowest BCUT2D eigenvalue weighted by Gasteiger charge is -2.33. The normalized spacial score (nSPS) is 16.8. The maximum atomic E-state index is 11.9. The second kappa shape index (κ2) is 7.09. The molecule has 0 radical (unpaired) electrons. The summed E-state index contributed by atoms with van der Waals surface area (Å²) in [7, 11) is 0. The van der Waals surface area contributed by atoms with Crippen molar-refractivity contribution in [1.82, 2.24) is 5.32 Å². The summed E-state index contributed by atoms with van der Waals surface area (Å²) in [4.78, 5) is 11.9. The number of para-hydroxylation sites is 1. The molecule has 1 saturated heterocycles. The molecule has 5 heteroatoms. The van der Waals surface area contributed by atoms with Crippen molar-refractivity contribution >= 4 is 5.91 Å². The third kappa shape index (κ3) is 4.47. The second-order valence-corrected chi connectivity index (χ2v) is 5.60. The molecule has 21 heavy (non-hydrogen) atoms. The number of nitrogens with one attached hydrogen (secondary N) is 1. The summed E-state index contributed by atoms with van der Waals surface area (Å²) >= 11 is 0. The fourth-order valence-electron chi connectivity index (χ4n) is 2.23. The number of ether oxygens (including phenoxy) is 2. The Morgan fingerprint density at radius 3 is 2.86 bits per heavy atom. The van der Waals surface area contributed by atoms with Crippen LogP contribution >= 0.6 is 0 Å². The molecule has 1 aliphatic heterocycles. The van der Waals surface area contributed by atoms with Crippen molar-refractivity contribution in [2.75, 3.05) is 26.4 Å². The Hall–Kier alpha value is -2.06. The lowest BCUT2D eigenvalue weighted by Crippen LogP contribution is -2.41. The summed E-state index contributed by atoms with van der Waals surface area (Å²) in [5.74, 6) is 0.267. The average Bonchev–Trinajstić information content (AvgIpc) is 2.52. The highest BCUT2D eigenvalue weighted by Gasteiger charge is 2.27. The first-order valence-corrected chi connectivity index (χ1v) is 7.09. The highest BCUT2D eigenvalue weighted by molar-refractivity contribution is 5.77. The van der Waals surface area contributed by atoms with Crippen LogP contribution in [0.3, 0.4) is 0 Å². The van der Waals surface area contributed by atoms with Gasteiger partial charge in [-0.1, -0.05) is 19.1 Å². The van der Waals surface area contributed by atoms with E-state index in [4.69, 9.17) is 14.7 Å². The Labute approximate surface area is 124 Å². The van der Waals surface area contributed by atoms with Crippen LogP contribution in [0.2, 0.25) is 0 Å². The number of hydrogen-bond acceptors (Lipinski definition) is 4. The lowest BCUT2D eigenvalue weighted by atomic mass is 9.82. The zero-order chi connectivity index (χ0) is 15.1. The van der Waals surface area contributed by atoms with Gasteiger partial charge in [-0.3, -0.25) is 4.79 Å². The molecular weight excluding hydrogens is 268 g/mol. The van der Waals surface area contributed by atoms with Crippen LogP contribution in [0, 0.1) is 16.7 Å². The van der Waals surface area contributed by atoms with Gasteiger partial charge in [-0.05, 0) is 30.4 Å². The van der Waals surface area contributed by atoms with E-state index in [0.29, 0.717) is 17.9 Å². The monoisotopic (exact) mass is 288 g/mol. The van der Waals surface area contributed by atoms with E-state index < -0.39 is 0 Å². The quantitative estimate of drug-likeness (QED) is 0.898. The van der Waals surface area contributed by atoms with Crippen molar-refractivity contribution in [1.29, 1.82) is 5.26 Å². The SMILES string of the molecule is CC1(CNC(=O)COc2ccccc2C#N)CCOCC1. The first-order valence-electron chi connectivity index (χ1n) is 7.09. The molecule has 0 atom stereocenters. The van der Waals surface area contributed by atoms with Crippen LogP contribution in [0.4, 0.5) is 0 Å². The molecule has 2 rings (SSSR count). The first kappa shape index (κ1) is 15.3. The van der Waals surface area contributed by atoms with Crippen LogP contribution in [0.1, 0.15) is 25.3 Å². The Balaban J connectivity index is 1.78. The van der Waals surface area contributed by atoms with Gasteiger partial charge in [-0.15, -0.1) is 0 Å². The van der Waals surface area contributed by atoms with Crippen molar-refractivity contribution in [2.45, 2.75) is 19.8 Å². The number of carbonyl (C=O) groups is 1. The Kier molecular flexibility index (Phi) is 5.18. The number of amides is 1. The number of benzene rings is 1. The summed E-state index contributed by atoms with van der Waals surface area (Å²) < 4.78 is 10.7. The number of rotatable bonds is 5. The molecule has 0 bridgehead atoms. The van der Waals surface area contributed by atoms with Gasteiger partial charge in [-0.25, -0.2) is 0 Å². The lowest BCUT2D eigenvalue weighted by molar-refractivity contribution is -0.124. The number of carbonyl (C=O) groups excluding carboxylic acids is 1. The first-order chi connectivity index (χ1) is 10.1. The minimum absolute atomic E-state index is 0.0781. The zero-order valence-electron chi connectivity index (χ0n) is 12.2. The summed E-state index contributed by atoms with van der Waals surface area (Å²) in [6, 6.07) is 8.92. The molecule has 112 valence electrons. The largest absolute Gasteiger partial charge is 0.482 e. The molecule has 1 amide bonds. The van der Waals surface area contributed by atoms with Crippen molar-refractivity contribution in [3.05, 3.63) is 29.8 Å². The molecule has 0 aliphatic carbocycles. The van der Waals surface area contributed by atoms with Gasteiger partial charge in [0.2, 0.25) is 0 Å². The molecule has 0 unspecified atom stereocenters. The van der Waals surface area contributed by atoms with E-state index in [0.717, 1.165) is 26.1 Å². The van der Waals surface area contributed by atoms with Crippen LogP contribution < -0.4 is 10.1 Å². The van der Waals surface area contributed by atoms with E-state index in [1.165, 1.54) is 0 Å².